The van der Waals surface area contributed by atoms with Gasteiger partial charge in [-0.2, -0.15) is 0 Å². The second-order valence-corrected chi connectivity index (χ2v) is 7.55. The molecule has 1 atom stereocenters. The number of fused-ring (bicyclic) bond motifs is 1. The van der Waals surface area contributed by atoms with E-state index in [1.807, 2.05) is 23.1 Å². The molecule has 0 saturated carbocycles. The molecule has 0 bridgehead atoms. The first kappa shape index (κ1) is 16.9. The Balaban J connectivity index is 1.42. The molecule has 134 valence electrons. The van der Waals surface area contributed by atoms with E-state index in [1.54, 1.807) is 0 Å². The Morgan fingerprint density at radius 2 is 2.16 bits per heavy atom. The third-order valence-electron chi connectivity index (χ3n) is 5.38. The molecule has 1 aromatic carbocycles. The lowest BCUT2D eigenvalue weighted by Gasteiger charge is -2.35. The Kier molecular flexibility index (Phi) is 4.95. The van der Waals surface area contributed by atoms with Crippen molar-refractivity contribution in [3.8, 4) is 0 Å². The molecule has 2 fully saturated rings. The fourth-order valence-corrected chi connectivity index (χ4v) is 4.20. The predicted octanol–water partition coefficient (Wildman–Crippen LogP) is 3.85. The number of hydrogen-bond donors (Lipinski definition) is 0. The molecule has 25 heavy (non-hydrogen) atoms. The molecule has 5 nitrogen and oxygen atoms in total. The van der Waals surface area contributed by atoms with Crippen molar-refractivity contribution in [2.75, 3.05) is 19.6 Å². The van der Waals surface area contributed by atoms with Crippen LogP contribution < -0.4 is 0 Å². The van der Waals surface area contributed by atoms with E-state index in [2.05, 4.69) is 9.88 Å². The first-order chi connectivity index (χ1) is 12.2. The van der Waals surface area contributed by atoms with E-state index in [4.69, 9.17) is 16.0 Å². The highest BCUT2D eigenvalue weighted by Crippen LogP contribution is 2.25. The summed E-state index contributed by atoms with van der Waals surface area (Å²) >= 11 is 6.03. The zero-order valence-corrected chi connectivity index (χ0v) is 15.2. The number of amides is 1. The summed E-state index contributed by atoms with van der Waals surface area (Å²) in [4.78, 5) is 20.9. The van der Waals surface area contributed by atoms with E-state index in [9.17, 15) is 4.79 Å². The van der Waals surface area contributed by atoms with E-state index in [0.29, 0.717) is 17.0 Å². The number of piperidine rings is 1. The van der Waals surface area contributed by atoms with Crippen LogP contribution in [0.5, 0.6) is 0 Å². The number of hydrogen-bond acceptors (Lipinski definition) is 4. The summed E-state index contributed by atoms with van der Waals surface area (Å²) in [5.74, 6) is 1.07. The number of halogens is 1. The number of carbonyl (C=O) groups excluding carboxylic acids is 1. The maximum atomic E-state index is 11.8. The molecule has 0 radical (unpaired) electrons. The zero-order chi connectivity index (χ0) is 17.2. The van der Waals surface area contributed by atoms with Gasteiger partial charge in [-0.1, -0.05) is 18.0 Å². The van der Waals surface area contributed by atoms with E-state index >= 15 is 0 Å². The zero-order valence-electron chi connectivity index (χ0n) is 14.4. The molecule has 0 unspecified atom stereocenters. The van der Waals surface area contributed by atoms with Gasteiger partial charge < -0.3 is 9.32 Å². The molecular formula is C19H24ClN3O2. The molecule has 0 N–H and O–H groups in total. The van der Waals surface area contributed by atoms with E-state index < -0.39 is 0 Å². The lowest BCUT2D eigenvalue weighted by Crippen LogP contribution is -2.41. The van der Waals surface area contributed by atoms with Crippen molar-refractivity contribution in [3.05, 3.63) is 29.1 Å². The van der Waals surface area contributed by atoms with Crippen LogP contribution in [-0.4, -0.2) is 46.4 Å². The van der Waals surface area contributed by atoms with Crippen molar-refractivity contribution in [1.29, 1.82) is 0 Å². The summed E-state index contributed by atoms with van der Waals surface area (Å²) in [5.41, 5.74) is 1.61. The number of likely N-dealkylation sites (tertiary alicyclic amines) is 2. The number of oxazole rings is 1. The van der Waals surface area contributed by atoms with Gasteiger partial charge in [-0.15, -0.1) is 0 Å². The van der Waals surface area contributed by atoms with Crippen molar-refractivity contribution in [2.45, 2.75) is 51.1 Å². The quantitative estimate of drug-likeness (QED) is 0.811. The summed E-state index contributed by atoms with van der Waals surface area (Å²) in [5, 5.41) is 0.679. The first-order valence-corrected chi connectivity index (χ1v) is 9.63. The Hall–Kier alpha value is -1.59. The van der Waals surface area contributed by atoms with E-state index in [-0.39, 0.29) is 0 Å². The molecule has 1 amide bonds. The second-order valence-electron chi connectivity index (χ2n) is 7.11. The number of aromatic nitrogens is 1. The van der Waals surface area contributed by atoms with Crippen LogP contribution in [0.3, 0.4) is 0 Å². The Bertz CT molecular complexity index is 760. The van der Waals surface area contributed by atoms with Gasteiger partial charge in [-0.3, -0.25) is 9.69 Å². The first-order valence-electron chi connectivity index (χ1n) is 9.26. The van der Waals surface area contributed by atoms with Crippen molar-refractivity contribution >= 4 is 28.6 Å². The Morgan fingerprint density at radius 3 is 3.00 bits per heavy atom. The molecule has 2 aliphatic rings. The molecule has 2 aromatic rings. The summed E-state index contributed by atoms with van der Waals surface area (Å²) < 4.78 is 5.89. The SMILES string of the molecule is O=C1CCCN1CC[C@H]1CCCCN1Cc1nc2cc(Cl)ccc2o1. The van der Waals surface area contributed by atoms with Crippen molar-refractivity contribution in [1.82, 2.24) is 14.8 Å². The molecule has 6 heteroatoms. The normalized spacial score (nSPS) is 22.2. The number of benzene rings is 1. The molecule has 0 spiro atoms. The molecule has 1 aromatic heterocycles. The van der Waals surface area contributed by atoms with Gasteiger partial charge in [0.15, 0.2) is 5.58 Å². The smallest absolute Gasteiger partial charge is 0.222 e. The highest BCUT2D eigenvalue weighted by atomic mass is 35.5. The van der Waals surface area contributed by atoms with E-state index in [0.717, 1.165) is 62.4 Å². The second kappa shape index (κ2) is 7.34. The van der Waals surface area contributed by atoms with Crippen LogP contribution in [0.2, 0.25) is 5.02 Å². The highest BCUT2D eigenvalue weighted by Gasteiger charge is 2.26. The van der Waals surface area contributed by atoms with Crippen LogP contribution in [0.25, 0.3) is 11.1 Å². The van der Waals surface area contributed by atoms with Crippen molar-refractivity contribution < 1.29 is 9.21 Å². The maximum Gasteiger partial charge on any atom is 0.222 e. The van der Waals surface area contributed by atoms with Gasteiger partial charge in [0.2, 0.25) is 11.8 Å². The van der Waals surface area contributed by atoms with Crippen LogP contribution >= 0.6 is 11.6 Å². The minimum absolute atomic E-state index is 0.318. The fraction of sp³-hybridized carbons (Fsp3) is 0.579. The lowest BCUT2D eigenvalue weighted by atomic mass is 9.99. The molecule has 4 rings (SSSR count). The molecule has 0 aliphatic carbocycles. The van der Waals surface area contributed by atoms with Gasteiger partial charge in [0, 0.05) is 30.6 Å². The Morgan fingerprint density at radius 1 is 1.24 bits per heavy atom. The van der Waals surface area contributed by atoms with Crippen LogP contribution in [0.1, 0.15) is 44.4 Å². The standard InChI is InChI=1S/C19H24ClN3O2/c20-14-6-7-17-16(12-14)21-18(25-17)13-23-9-2-1-4-15(23)8-11-22-10-3-5-19(22)24/h6-7,12,15H,1-5,8-11,13H2/t15-/m1/s1. The van der Waals surface area contributed by atoms with Crippen LogP contribution in [0.4, 0.5) is 0 Å². The minimum atomic E-state index is 0.318. The molecule has 3 heterocycles. The average Bonchev–Trinajstić information content (AvgIpc) is 3.19. The average molecular weight is 362 g/mol. The number of nitrogens with zero attached hydrogens (tertiary/aromatic N) is 3. The van der Waals surface area contributed by atoms with Crippen LogP contribution in [0, 0.1) is 0 Å². The van der Waals surface area contributed by atoms with Gasteiger partial charge in [0.25, 0.3) is 0 Å². The number of carbonyl (C=O) groups is 1. The predicted molar refractivity (Wildman–Crippen MR) is 97.5 cm³/mol. The number of rotatable bonds is 5. The van der Waals surface area contributed by atoms with Crippen LogP contribution in [0.15, 0.2) is 22.6 Å². The molecular weight excluding hydrogens is 338 g/mol. The van der Waals surface area contributed by atoms with Crippen LogP contribution in [-0.2, 0) is 11.3 Å². The van der Waals surface area contributed by atoms with Crippen molar-refractivity contribution in [3.63, 3.8) is 0 Å². The van der Waals surface area contributed by atoms with Crippen molar-refractivity contribution in [2.24, 2.45) is 0 Å². The largest absolute Gasteiger partial charge is 0.439 e. The molecule has 2 saturated heterocycles. The fourth-order valence-electron chi connectivity index (χ4n) is 4.03. The third kappa shape index (κ3) is 3.82. The monoisotopic (exact) mass is 361 g/mol. The molecule has 2 aliphatic heterocycles. The van der Waals surface area contributed by atoms with E-state index in [1.165, 1.54) is 19.3 Å². The summed E-state index contributed by atoms with van der Waals surface area (Å²) in [6.45, 7) is 3.60. The topological polar surface area (TPSA) is 49.6 Å². The summed E-state index contributed by atoms with van der Waals surface area (Å²) in [7, 11) is 0. The van der Waals surface area contributed by atoms with Gasteiger partial charge >= 0.3 is 0 Å². The van der Waals surface area contributed by atoms with Gasteiger partial charge in [0.1, 0.15) is 5.52 Å². The summed E-state index contributed by atoms with van der Waals surface area (Å²) in [6, 6.07) is 6.05. The minimum Gasteiger partial charge on any atom is -0.439 e. The Labute approximate surface area is 152 Å². The maximum absolute atomic E-state index is 11.8. The van der Waals surface area contributed by atoms with Gasteiger partial charge in [-0.05, 0) is 50.4 Å². The van der Waals surface area contributed by atoms with Gasteiger partial charge in [0.05, 0.1) is 6.54 Å². The van der Waals surface area contributed by atoms with Gasteiger partial charge in [-0.25, -0.2) is 4.98 Å². The summed E-state index contributed by atoms with van der Waals surface area (Å²) in [6.07, 6.45) is 6.44. The highest BCUT2D eigenvalue weighted by molar-refractivity contribution is 6.31. The third-order valence-corrected chi connectivity index (χ3v) is 5.62. The lowest BCUT2D eigenvalue weighted by molar-refractivity contribution is -0.127.